The largest absolute Gasteiger partial charge is 0.497 e. The lowest BCUT2D eigenvalue weighted by Gasteiger charge is -2.23. The van der Waals surface area contributed by atoms with Crippen LogP contribution in [0.4, 0.5) is 5.95 Å². The molecule has 0 saturated carbocycles. The summed E-state index contributed by atoms with van der Waals surface area (Å²) in [6.07, 6.45) is 3.08. The topological polar surface area (TPSA) is 84.6 Å². The van der Waals surface area contributed by atoms with Crippen LogP contribution in [0.3, 0.4) is 0 Å². The molecule has 0 aliphatic carbocycles. The number of amides is 1. The standard InChI is InChI=1S/C23H25N5O3/c1-14-8-15(2)26-23(25-14)28-12-16-10-27(11-17(16)13-28)22(29)19-5-4-18(30-3)9-20(19)21-24-6-7-31-21/h4-9,16-17H,10-13H2,1-3H3. The number of anilines is 1. The first-order valence-electron chi connectivity index (χ1n) is 10.5. The highest BCUT2D eigenvalue weighted by molar-refractivity contribution is 6.00. The minimum Gasteiger partial charge on any atom is -0.497 e. The molecule has 4 heterocycles. The Balaban J connectivity index is 1.34. The van der Waals surface area contributed by atoms with E-state index in [2.05, 4.69) is 19.9 Å². The maximum absolute atomic E-state index is 13.4. The van der Waals surface area contributed by atoms with Gasteiger partial charge in [-0.3, -0.25) is 4.79 Å². The average Bonchev–Trinajstić information content (AvgIpc) is 3.48. The van der Waals surface area contributed by atoms with Crippen molar-refractivity contribution in [3.63, 3.8) is 0 Å². The molecule has 2 fully saturated rings. The van der Waals surface area contributed by atoms with Crippen LogP contribution in [0.2, 0.25) is 0 Å². The summed E-state index contributed by atoms with van der Waals surface area (Å²) < 4.78 is 10.8. The number of carbonyl (C=O) groups is 1. The molecule has 8 heteroatoms. The van der Waals surface area contributed by atoms with Gasteiger partial charge in [0.25, 0.3) is 5.91 Å². The summed E-state index contributed by atoms with van der Waals surface area (Å²) in [7, 11) is 1.60. The Morgan fingerprint density at radius 1 is 1.06 bits per heavy atom. The zero-order chi connectivity index (χ0) is 21.5. The second-order valence-corrected chi connectivity index (χ2v) is 8.33. The molecule has 0 bridgehead atoms. The van der Waals surface area contributed by atoms with Crippen LogP contribution in [0, 0.1) is 25.7 Å². The zero-order valence-electron chi connectivity index (χ0n) is 17.9. The molecular formula is C23H25N5O3. The zero-order valence-corrected chi connectivity index (χ0v) is 17.9. The molecule has 0 spiro atoms. The fourth-order valence-corrected chi connectivity index (χ4v) is 4.71. The van der Waals surface area contributed by atoms with Crippen LogP contribution in [0.25, 0.3) is 11.5 Å². The summed E-state index contributed by atoms with van der Waals surface area (Å²) in [5.74, 6) is 2.70. The van der Waals surface area contributed by atoms with Crippen molar-refractivity contribution >= 4 is 11.9 Å². The molecule has 1 aromatic carbocycles. The average molecular weight is 419 g/mol. The molecule has 0 N–H and O–H groups in total. The maximum atomic E-state index is 13.4. The predicted molar refractivity (Wildman–Crippen MR) is 115 cm³/mol. The molecule has 0 radical (unpaired) electrons. The van der Waals surface area contributed by atoms with Crippen LogP contribution < -0.4 is 9.64 Å². The molecule has 2 aliphatic rings. The Bertz CT molecular complexity index is 1080. The fourth-order valence-electron chi connectivity index (χ4n) is 4.71. The number of carbonyl (C=O) groups excluding carboxylic acids is 1. The van der Waals surface area contributed by atoms with Crippen LogP contribution in [0.5, 0.6) is 5.75 Å². The smallest absolute Gasteiger partial charge is 0.254 e. The van der Waals surface area contributed by atoms with E-state index in [4.69, 9.17) is 9.15 Å². The molecule has 1 amide bonds. The lowest BCUT2D eigenvalue weighted by atomic mass is 10.0. The number of hydrogen-bond donors (Lipinski definition) is 0. The van der Waals surface area contributed by atoms with Gasteiger partial charge in [-0.2, -0.15) is 0 Å². The quantitative estimate of drug-likeness (QED) is 0.643. The van der Waals surface area contributed by atoms with Crippen LogP contribution >= 0.6 is 0 Å². The SMILES string of the molecule is COc1ccc(C(=O)N2CC3CN(c4nc(C)cc(C)n4)CC3C2)c(-c2ncco2)c1. The third kappa shape index (κ3) is 3.62. The van der Waals surface area contributed by atoms with Gasteiger partial charge in [0, 0.05) is 49.4 Å². The van der Waals surface area contributed by atoms with Gasteiger partial charge in [-0.05, 0) is 38.1 Å². The molecule has 2 aliphatic heterocycles. The molecular weight excluding hydrogens is 394 g/mol. The highest BCUT2D eigenvalue weighted by atomic mass is 16.5. The normalized spacial score (nSPS) is 20.2. The third-order valence-corrected chi connectivity index (χ3v) is 6.15. The summed E-state index contributed by atoms with van der Waals surface area (Å²) in [6.45, 7) is 7.18. The summed E-state index contributed by atoms with van der Waals surface area (Å²) in [5.41, 5.74) is 3.19. The maximum Gasteiger partial charge on any atom is 0.254 e. The van der Waals surface area contributed by atoms with Gasteiger partial charge in [-0.1, -0.05) is 0 Å². The van der Waals surface area contributed by atoms with Crippen molar-refractivity contribution in [1.29, 1.82) is 0 Å². The van der Waals surface area contributed by atoms with Crippen molar-refractivity contribution in [2.75, 3.05) is 38.2 Å². The molecule has 3 aromatic rings. The van der Waals surface area contributed by atoms with Crippen molar-refractivity contribution in [3.05, 3.63) is 53.7 Å². The van der Waals surface area contributed by atoms with Crippen molar-refractivity contribution in [3.8, 4) is 17.2 Å². The lowest BCUT2D eigenvalue weighted by molar-refractivity contribution is 0.0783. The Morgan fingerprint density at radius 2 is 1.77 bits per heavy atom. The Hall–Kier alpha value is -3.42. The number of ether oxygens (including phenoxy) is 1. The van der Waals surface area contributed by atoms with E-state index in [1.165, 1.54) is 6.26 Å². The second kappa shape index (κ2) is 7.68. The Morgan fingerprint density at radius 3 is 2.39 bits per heavy atom. The number of aryl methyl sites for hydroxylation is 2. The van der Waals surface area contributed by atoms with Gasteiger partial charge >= 0.3 is 0 Å². The number of benzene rings is 1. The highest BCUT2D eigenvalue weighted by Crippen LogP contribution is 2.35. The van der Waals surface area contributed by atoms with E-state index < -0.39 is 0 Å². The summed E-state index contributed by atoms with van der Waals surface area (Å²) in [5, 5.41) is 0. The number of fused-ring (bicyclic) bond motifs is 1. The molecule has 8 nitrogen and oxygen atoms in total. The number of likely N-dealkylation sites (tertiary alicyclic amines) is 1. The Kier molecular flexibility index (Phi) is 4.84. The van der Waals surface area contributed by atoms with E-state index in [0.29, 0.717) is 34.6 Å². The first kappa shape index (κ1) is 19.5. The molecule has 2 unspecified atom stereocenters. The minimum atomic E-state index is -0.000506. The fraction of sp³-hybridized carbons (Fsp3) is 0.391. The molecule has 31 heavy (non-hydrogen) atoms. The number of oxazole rings is 1. The van der Waals surface area contributed by atoms with Crippen molar-refractivity contribution in [2.45, 2.75) is 13.8 Å². The first-order chi connectivity index (χ1) is 15.0. The number of aromatic nitrogens is 3. The van der Waals surface area contributed by atoms with Gasteiger partial charge in [0.2, 0.25) is 11.8 Å². The highest BCUT2D eigenvalue weighted by Gasteiger charge is 2.43. The molecule has 2 saturated heterocycles. The number of rotatable bonds is 4. The second-order valence-electron chi connectivity index (χ2n) is 8.33. The third-order valence-electron chi connectivity index (χ3n) is 6.15. The van der Waals surface area contributed by atoms with Gasteiger partial charge in [-0.15, -0.1) is 0 Å². The van der Waals surface area contributed by atoms with Crippen molar-refractivity contribution < 1.29 is 13.9 Å². The molecule has 2 aromatic heterocycles. The van der Waals surface area contributed by atoms with Crippen molar-refractivity contribution in [2.24, 2.45) is 11.8 Å². The number of hydrogen-bond acceptors (Lipinski definition) is 7. The van der Waals surface area contributed by atoms with E-state index in [1.54, 1.807) is 31.5 Å². The van der Waals surface area contributed by atoms with Gasteiger partial charge in [0.1, 0.15) is 12.0 Å². The van der Waals surface area contributed by atoms with E-state index in [1.807, 2.05) is 24.8 Å². The monoisotopic (exact) mass is 419 g/mol. The van der Waals surface area contributed by atoms with Gasteiger partial charge in [-0.25, -0.2) is 15.0 Å². The van der Waals surface area contributed by atoms with Gasteiger partial charge in [0.15, 0.2) is 0 Å². The van der Waals surface area contributed by atoms with E-state index in [0.717, 1.165) is 43.5 Å². The first-order valence-corrected chi connectivity index (χ1v) is 10.5. The lowest BCUT2D eigenvalue weighted by Crippen LogP contribution is -2.34. The summed E-state index contributed by atoms with van der Waals surface area (Å²) in [4.78, 5) is 31.1. The van der Waals surface area contributed by atoms with E-state index in [9.17, 15) is 4.79 Å². The van der Waals surface area contributed by atoms with Crippen LogP contribution in [0.15, 0.2) is 41.1 Å². The van der Waals surface area contributed by atoms with Crippen LogP contribution in [-0.4, -0.2) is 59.0 Å². The summed E-state index contributed by atoms with van der Waals surface area (Å²) >= 11 is 0. The minimum absolute atomic E-state index is 0.000506. The van der Waals surface area contributed by atoms with Gasteiger partial charge in [0.05, 0.1) is 24.4 Å². The predicted octanol–water partition coefficient (Wildman–Crippen LogP) is 2.97. The van der Waals surface area contributed by atoms with Gasteiger partial charge < -0.3 is 19.0 Å². The number of methoxy groups -OCH3 is 1. The Labute approximate surface area is 180 Å². The van der Waals surface area contributed by atoms with E-state index >= 15 is 0 Å². The van der Waals surface area contributed by atoms with Crippen LogP contribution in [0.1, 0.15) is 21.7 Å². The molecule has 160 valence electrons. The van der Waals surface area contributed by atoms with Crippen molar-refractivity contribution in [1.82, 2.24) is 19.9 Å². The molecule has 2 atom stereocenters. The summed E-state index contributed by atoms with van der Waals surface area (Å²) in [6, 6.07) is 7.39. The molecule has 5 rings (SSSR count). The van der Waals surface area contributed by atoms with Crippen LogP contribution in [-0.2, 0) is 0 Å². The number of nitrogens with zero attached hydrogens (tertiary/aromatic N) is 5. The van der Waals surface area contributed by atoms with E-state index in [-0.39, 0.29) is 5.91 Å².